The lowest BCUT2D eigenvalue weighted by molar-refractivity contribution is -0.276. The fraction of sp³-hybridized carbons (Fsp3) is 0.298. The highest BCUT2D eigenvalue weighted by atomic mass is 16.7. The van der Waals surface area contributed by atoms with E-state index in [9.17, 15) is 19.5 Å². The summed E-state index contributed by atoms with van der Waals surface area (Å²) >= 11 is 0. The normalized spacial score (nSPS) is 23.2. The Morgan fingerprint density at radius 1 is 0.719 bits per heavy atom. The lowest BCUT2D eigenvalue weighted by Crippen LogP contribution is -2.57. The number of para-hydroxylation sites is 1. The van der Waals surface area contributed by atoms with Crippen molar-refractivity contribution in [3.8, 4) is 11.1 Å². The maximum Gasteiger partial charge on any atom is 0.261 e. The molecule has 3 amide bonds. The van der Waals surface area contributed by atoms with Gasteiger partial charge in [0, 0.05) is 36.8 Å². The van der Waals surface area contributed by atoms with Crippen LogP contribution in [0.1, 0.15) is 75.1 Å². The Morgan fingerprint density at radius 2 is 1.39 bits per heavy atom. The van der Waals surface area contributed by atoms with Crippen LogP contribution in [0.2, 0.25) is 0 Å². The molecule has 57 heavy (non-hydrogen) atoms. The zero-order chi connectivity index (χ0) is 39.1. The maximum atomic E-state index is 13.3. The van der Waals surface area contributed by atoms with Gasteiger partial charge in [-0.05, 0) is 71.0 Å². The monoisotopic (exact) mass is 762 g/mol. The summed E-state index contributed by atoms with van der Waals surface area (Å²) in [5.41, 5.74) is 6.98. The second kappa shape index (κ2) is 15.4. The summed E-state index contributed by atoms with van der Waals surface area (Å²) in [5, 5.41) is 12.8. The first-order valence-corrected chi connectivity index (χ1v) is 19.8. The van der Waals surface area contributed by atoms with Crippen molar-refractivity contribution >= 4 is 23.4 Å². The molecular weight excluding hydrogens is 717 g/mol. The van der Waals surface area contributed by atoms with Crippen LogP contribution in [0, 0.1) is 5.92 Å². The van der Waals surface area contributed by atoms with Crippen molar-refractivity contribution in [2.24, 2.45) is 5.92 Å². The Kier molecular flexibility index (Phi) is 9.96. The summed E-state index contributed by atoms with van der Waals surface area (Å²) < 4.78 is 13.6. The molecule has 4 atom stereocenters. The van der Waals surface area contributed by atoms with Crippen LogP contribution < -0.4 is 10.2 Å². The van der Waals surface area contributed by atoms with E-state index in [-0.39, 0.29) is 49.0 Å². The topological polar surface area (TPSA) is 112 Å². The predicted molar refractivity (Wildman–Crippen MR) is 216 cm³/mol. The number of amides is 3. The van der Waals surface area contributed by atoms with Crippen molar-refractivity contribution in [3.63, 3.8) is 0 Å². The number of nitrogens with one attached hydrogen (secondary N) is 1. The van der Waals surface area contributed by atoms with E-state index in [1.54, 1.807) is 24.3 Å². The van der Waals surface area contributed by atoms with Gasteiger partial charge in [0.15, 0.2) is 6.29 Å². The zero-order valence-corrected chi connectivity index (χ0v) is 31.9. The van der Waals surface area contributed by atoms with Crippen LogP contribution in [0.25, 0.3) is 11.1 Å². The van der Waals surface area contributed by atoms with Crippen LogP contribution in [-0.4, -0.2) is 70.6 Å². The standard InChI is InChI=1S/C47H46N4O6/c1-31-41(28-49-24-22-47(23-25-49)46(55)48-30-51(47)38-10-3-2-4-11-38)56-45(57-42(31)35-16-14-32(29-52)15-17-35)36-20-18-34(19-21-36)37-9-7-8-33(26-37)27-50-43(53)39-12-5-6-13-40(39)44(50)54/h2-21,26,31,41-42,45,52H,22-25,27-30H2,1H3,(H,48,55)/t31-,41+,42+,45+/m1/s1. The van der Waals surface area contributed by atoms with Gasteiger partial charge in [-0.1, -0.05) is 104 Å². The summed E-state index contributed by atoms with van der Waals surface area (Å²) in [6, 6.07) is 41.2. The largest absolute Gasteiger partial charge is 0.392 e. The van der Waals surface area contributed by atoms with Gasteiger partial charge in [-0.3, -0.25) is 19.3 Å². The first kappa shape index (κ1) is 37.0. The Labute approximate surface area is 332 Å². The van der Waals surface area contributed by atoms with Crippen LogP contribution >= 0.6 is 0 Å². The molecule has 5 aromatic carbocycles. The van der Waals surface area contributed by atoms with Crippen molar-refractivity contribution in [1.82, 2.24) is 15.1 Å². The number of rotatable bonds is 9. The van der Waals surface area contributed by atoms with Gasteiger partial charge < -0.3 is 29.7 Å². The molecule has 0 radical (unpaired) electrons. The lowest BCUT2D eigenvalue weighted by atomic mass is 9.84. The molecule has 2 N–H and O–H groups in total. The number of aliphatic hydroxyl groups is 1. The molecule has 4 aliphatic heterocycles. The highest BCUT2D eigenvalue weighted by molar-refractivity contribution is 6.21. The molecule has 290 valence electrons. The molecule has 0 saturated carbocycles. The van der Waals surface area contributed by atoms with Crippen LogP contribution in [0.15, 0.2) is 127 Å². The van der Waals surface area contributed by atoms with E-state index in [4.69, 9.17) is 9.47 Å². The van der Waals surface area contributed by atoms with Gasteiger partial charge >= 0.3 is 0 Å². The maximum absolute atomic E-state index is 13.3. The van der Waals surface area contributed by atoms with E-state index in [0.29, 0.717) is 24.3 Å². The molecule has 5 aromatic rings. The second-order valence-corrected chi connectivity index (χ2v) is 15.6. The second-order valence-electron chi connectivity index (χ2n) is 15.6. The Hall–Kier alpha value is -5.65. The van der Waals surface area contributed by atoms with Crippen LogP contribution in [0.5, 0.6) is 0 Å². The van der Waals surface area contributed by atoms with E-state index < -0.39 is 11.8 Å². The first-order chi connectivity index (χ1) is 27.8. The third-order valence-electron chi connectivity index (χ3n) is 12.3. The highest BCUT2D eigenvalue weighted by Crippen LogP contribution is 2.43. The number of aliphatic hydroxyl groups excluding tert-OH is 1. The van der Waals surface area contributed by atoms with Crippen molar-refractivity contribution < 1.29 is 29.0 Å². The summed E-state index contributed by atoms with van der Waals surface area (Å²) in [5.74, 6) is -0.413. The first-order valence-electron chi connectivity index (χ1n) is 19.8. The average Bonchev–Trinajstić information content (AvgIpc) is 3.70. The number of imide groups is 1. The number of hydrogen-bond donors (Lipinski definition) is 2. The van der Waals surface area contributed by atoms with E-state index in [1.165, 1.54) is 4.90 Å². The summed E-state index contributed by atoms with van der Waals surface area (Å²) in [7, 11) is 0. The van der Waals surface area contributed by atoms with Gasteiger partial charge in [-0.25, -0.2) is 0 Å². The van der Waals surface area contributed by atoms with E-state index >= 15 is 0 Å². The van der Waals surface area contributed by atoms with E-state index in [2.05, 4.69) is 46.3 Å². The van der Waals surface area contributed by atoms with Crippen LogP contribution in [0.4, 0.5) is 5.69 Å². The number of nitrogens with zero attached hydrogens (tertiary/aromatic N) is 3. The number of piperidine rings is 1. The van der Waals surface area contributed by atoms with Gasteiger partial charge in [-0.15, -0.1) is 0 Å². The fourth-order valence-corrected chi connectivity index (χ4v) is 8.97. The van der Waals surface area contributed by atoms with Gasteiger partial charge in [0.1, 0.15) is 5.54 Å². The molecule has 0 unspecified atom stereocenters. The molecule has 10 nitrogen and oxygen atoms in total. The Balaban J connectivity index is 0.919. The van der Waals surface area contributed by atoms with E-state index in [0.717, 1.165) is 65.0 Å². The van der Waals surface area contributed by atoms with Gasteiger partial charge in [-0.2, -0.15) is 0 Å². The lowest BCUT2D eigenvalue weighted by Gasteiger charge is -2.46. The third kappa shape index (κ3) is 6.93. The van der Waals surface area contributed by atoms with Crippen LogP contribution in [0.3, 0.4) is 0 Å². The molecule has 9 rings (SSSR count). The highest BCUT2D eigenvalue weighted by Gasteiger charge is 2.51. The zero-order valence-electron chi connectivity index (χ0n) is 31.9. The number of ether oxygens (including phenoxy) is 2. The van der Waals surface area contributed by atoms with Gasteiger partial charge in [0.25, 0.3) is 11.8 Å². The number of fused-ring (bicyclic) bond motifs is 1. The average molecular weight is 763 g/mol. The molecule has 0 aliphatic carbocycles. The molecule has 4 aliphatic rings. The molecule has 10 heteroatoms. The van der Waals surface area contributed by atoms with Crippen molar-refractivity contribution in [1.29, 1.82) is 0 Å². The van der Waals surface area contributed by atoms with Crippen molar-refractivity contribution in [3.05, 3.63) is 161 Å². The summed E-state index contributed by atoms with van der Waals surface area (Å²) in [6.07, 6.45) is 0.434. The number of benzene rings is 5. The number of hydrogen-bond acceptors (Lipinski definition) is 8. The quantitative estimate of drug-likeness (QED) is 0.157. The Bertz CT molecular complexity index is 2240. The minimum absolute atomic E-state index is 0.0239. The number of anilines is 1. The summed E-state index contributed by atoms with van der Waals surface area (Å²) in [4.78, 5) is 45.4. The minimum atomic E-state index is -0.617. The SMILES string of the molecule is C[C@@H]1[C@H](CN2CCC3(CC2)C(=O)NCN3c2ccccc2)O[C@H](c2ccc(-c3cccc(CN4C(=O)c5ccccc5C4=O)c3)cc2)O[C@@H]1c1ccc(CO)cc1. The number of carbonyl (C=O) groups excluding carboxylic acids is 3. The smallest absolute Gasteiger partial charge is 0.261 e. The van der Waals surface area contributed by atoms with Gasteiger partial charge in [0.05, 0.1) is 43.2 Å². The van der Waals surface area contributed by atoms with Crippen molar-refractivity contribution in [2.75, 3.05) is 31.2 Å². The molecule has 3 saturated heterocycles. The number of carbonyl (C=O) groups is 3. The van der Waals surface area contributed by atoms with Crippen LogP contribution in [-0.2, 0) is 27.4 Å². The predicted octanol–water partition coefficient (Wildman–Crippen LogP) is 6.86. The Morgan fingerprint density at radius 3 is 2.07 bits per heavy atom. The third-order valence-corrected chi connectivity index (χ3v) is 12.3. The summed E-state index contributed by atoms with van der Waals surface area (Å²) in [6.45, 7) is 5.10. The molecule has 0 aromatic heterocycles. The van der Waals surface area contributed by atoms with E-state index in [1.807, 2.05) is 78.9 Å². The molecule has 4 heterocycles. The van der Waals surface area contributed by atoms with Crippen molar-refractivity contribution in [2.45, 2.75) is 57.0 Å². The fourth-order valence-electron chi connectivity index (χ4n) is 8.97. The number of likely N-dealkylation sites (tertiary alicyclic amines) is 1. The van der Waals surface area contributed by atoms with Gasteiger partial charge in [0.2, 0.25) is 5.91 Å². The minimum Gasteiger partial charge on any atom is -0.392 e. The molecule has 3 fully saturated rings. The molecular formula is C47H46N4O6. The molecule has 0 bridgehead atoms. The molecule has 1 spiro atoms.